The van der Waals surface area contributed by atoms with Gasteiger partial charge in [0.15, 0.2) is 5.15 Å². The van der Waals surface area contributed by atoms with Crippen LogP contribution in [0.15, 0.2) is 58.1 Å². The zero-order valence-corrected chi connectivity index (χ0v) is 26.7. The maximum absolute atomic E-state index is 12.9. The minimum absolute atomic E-state index is 0.0223. The van der Waals surface area contributed by atoms with E-state index in [1.165, 1.54) is 31.3 Å². The van der Waals surface area contributed by atoms with E-state index < -0.39 is 34.9 Å². The van der Waals surface area contributed by atoms with Crippen LogP contribution in [0.2, 0.25) is 5.15 Å². The number of amides is 1. The summed E-state index contributed by atoms with van der Waals surface area (Å²) < 4.78 is 75.9. The normalized spacial score (nSPS) is 14.1. The molecule has 0 unspecified atom stereocenters. The summed E-state index contributed by atoms with van der Waals surface area (Å²) in [6, 6.07) is 12.4. The van der Waals surface area contributed by atoms with Crippen LogP contribution in [0.25, 0.3) is 22.1 Å². The van der Waals surface area contributed by atoms with E-state index in [0.29, 0.717) is 38.3 Å². The van der Waals surface area contributed by atoms with E-state index in [4.69, 9.17) is 16.7 Å². The molecule has 0 aliphatic carbocycles. The summed E-state index contributed by atoms with van der Waals surface area (Å²) in [7, 11) is 1.52. The van der Waals surface area contributed by atoms with Gasteiger partial charge in [0.05, 0.1) is 34.4 Å². The van der Waals surface area contributed by atoms with Crippen molar-refractivity contribution in [2.75, 3.05) is 38.1 Å². The monoisotopic (exact) mass is 724 g/mol. The number of hydrogen-bond acceptors (Lipinski definition) is 9. The van der Waals surface area contributed by atoms with Crippen molar-refractivity contribution >= 4 is 45.3 Å². The molecule has 5 aromatic rings. The Bertz CT molecular complexity index is 2160. The van der Waals surface area contributed by atoms with Crippen LogP contribution in [0.1, 0.15) is 33.0 Å². The Morgan fingerprint density at radius 1 is 0.820 bits per heavy atom. The fourth-order valence-corrected chi connectivity index (χ4v) is 5.44. The highest BCUT2D eigenvalue weighted by atomic mass is 35.5. The number of halogens is 7. The second kappa shape index (κ2) is 14.4. The molecule has 1 aliphatic rings. The summed E-state index contributed by atoms with van der Waals surface area (Å²) in [5.41, 5.74) is -2.61. The number of hydrogen-bond donors (Lipinski definition) is 4. The topological polar surface area (TPSA) is 160 Å². The molecule has 0 spiro atoms. The lowest BCUT2D eigenvalue weighted by Gasteiger charge is -2.36. The quantitative estimate of drug-likeness (QED) is 0.155. The molecule has 1 amide bonds. The molecular weight excluding hydrogens is 698 g/mol. The summed E-state index contributed by atoms with van der Waals surface area (Å²) in [6.07, 6.45) is -9.58. The highest BCUT2D eigenvalue weighted by molar-refractivity contribution is 6.32. The third kappa shape index (κ3) is 8.20. The van der Waals surface area contributed by atoms with E-state index in [1.807, 2.05) is 0 Å². The summed E-state index contributed by atoms with van der Waals surface area (Å²) >= 11 is 6.29. The van der Waals surface area contributed by atoms with E-state index in [9.17, 15) is 40.7 Å². The molecule has 19 heteroatoms. The number of nitrogens with zero attached hydrogens (tertiary/aromatic N) is 5. The predicted molar refractivity (Wildman–Crippen MR) is 171 cm³/mol. The number of aromatic nitrogens is 5. The molecular formula is C31H27ClF6N8O4. The lowest BCUT2D eigenvalue weighted by atomic mass is 10.1. The number of benzene rings is 2. The zero-order chi connectivity index (χ0) is 36.4. The van der Waals surface area contributed by atoms with E-state index in [2.05, 4.69) is 40.0 Å². The molecule has 1 saturated heterocycles. The molecule has 4 heterocycles. The third-order valence-electron chi connectivity index (χ3n) is 7.64. The van der Waals surface area contributed by atoms with Crippen LogP contribution >= 0.6 is 11.6 Å². The minimum Gasteiger partial charge on any atom is -0.392 e. The van der Waals surface area contributed by atoms with Crippen LogP contribution in [-0.4, -0.2) is 74.1 Å². The van der Waals surface area contributed by atoms with Gasteiger partial charge in [-0.2, -0.15) is 26.3 Å². The van der Waals surface area contributed by atoms with Gasteiger partial charge in [-0.05, 0) is 47.5 Å². The minimum atomic E-state index is -4.80. The van der Waals surface area contributed by atoms with Crippen molar-refractivity contribution in [1.29, 1.82) is 0 Å². The summed E-state index contributed by atoms with van der Waals surface area (Å²) in [4.78, 5) is 54.2. The molecule has 2 aromatic carbocycles. The lowest BCUT2D eigenvalue weighted by molar-refractivity contribution is -0.142. The van der Waals surface area contributed by atoms with Crippen molar-refractivity contribution in [3.05, 3.63) is 103 Å². The third-order valence-corrected chi connectivity index (χ3v) is 7.92. The molecule has 4 N–H and O–H groups in total. The smallest absolute Gasteiger partial charge is 0.392 e. The Hall–Kier alpha value is -5.07. The fourth-order valence-electron chi connectivity index (χ4n) is 5.17. The molecule has 12 nitrogen and oxygen atoms in total. The zero-order valence-electron chi connectivity index (χ0n) is 25.9. The van der Waals surface area contributed by atoms with Crippen LogP contribution in [0.3, 0.4) is 0 Å². The Labute approximate surface area is 282 Å². The van der Waals surface area contributed by atoms with E-state index in [0.717, 1.165) is 11.3 Å². The molecule has 264 valence electrons. The highest BCUT2D eigenvalue weighted by Crippen LogP contribution is 2.28. The van der Waals surface area contributed by atoms with Gasteiger partial charge in [-0.15, -0.1) is 0 Å². The number of aliphatic hydroxyl groups excluding tert-OH is 1. The lowest BCUT2D eigenvalue weighted by Crippen LogP contribution is -2.46. The van der Waals surface area contributed by atoms with E-state index in [-0.39, 0.29) is 45.4 Å². The van der Waals surface area contributed by atoms with Gasteiger partial charge in [-0.3, -0.25) is 19.3 Å². The van der Waals surface area contributed by atoms with Gasteiger partial charge in [0, 0.05) is 39.8 Å². The Morgan fingerprint density at radius 2 is 1.34 bits per heavy atom. The maximum atomic E-state index is 12.9. The standard InChI is InChI=1S/C21H20ClF3N6O2.C10H7F3N2O2/c1-26-19(32)14-4-5-16(18(22)28-14)31-8-6-30(7-9-31)11-12-2-3-13-15(10-12)29-20(33)17(27-13)21(23,24)25;11-10(12,13)8-9(17)15-7-3-5(4-16)1-2-6(7)14-8/h2-5,10H,6-9,11H2,1H3,(H,26,32)(H,29,33);1-3,16H,4H2,(H,15,17). The van der Waals surface area contributed by atoms with Gasteiger partial charge >= 0.3 is 12.4 Å². The summed E-state index contributed by atoms with van der Waals surface area (Å²) in [5.74, 6) is -0.310. The first-order chi connectivity index (χ1) is 23.6. The van der Waals surface area contributed by atoms with Crippen LogP contribution in [0, 0.1) is 0 Å². The fraction of sp³-hybridized carbons (Fsp3) is 0.290. The largest absolute Gasteiger partial charge is 0.438 e. The van der Waals surface area contributed by atoms with Crippen molar-refractivity contribution in [2.45, 2.75) is 25.5 Å². The second-order valence-corrected chi connectivity index (χ2v) is 11.4. The summed E-state index contributed by atoms with van der Waals surface area (Å²) in [5, 5.41) is 11.6. The molecule has 0 saturated carbocycles. The number of aromatic amines is 2. The van der Waals surface area contributed by atoms with E-state index in [1.54, 1.807) is 24.3 Å². The van der Waals surface area contributed by atoms with Crippen molar-refractivity contribution in [3.8, 4) is 0 Å². The molecule has 0 atom stereocenters. The Kier molecular flexibility index (Phi) is 10.4. The van der Waals surface area contributed by atoms with Crippen molar-refractivity contribution in [2.24, 2.45) is 0 Å². The number of carbonyl (C=O) groups is 1. The van der Waals surface area contributed by atoms with Crippen molar-refractivity contribution in [3.63, 3.8) is 0 Å². The van der Waals surface area contributed by atoms with Gasteiger partial charge in [-0.1, -0.05) is 23.7 Å². The average molecular weight is 725 g/mol. The molecule has 6 rings (SSSR count). The van der Waals surface area contributed by atoms with Crippen LogP contribution in [0.4, 0.5) is 32.0 Å². The van der Waals surface area contributed by atoms with Gasteiger partial charge < -0.3 is 25.3 Å². The number of rotatable bonds is 5. The van der Waals surface area contributed by atoms with Gasteiger partial charge in [0.25, 0.3) is 17.0 Å². The number of aliphatic hydroxyl groups is 1. The first kappa shape index (κ1) is 36.2. The highest BCUT2D eigenvalue weighted by Gasteiger charge is 2.37. The maximum Gasteiger partial charge on any atom is 0.438 e. The Morgan fingerprint density at radius 3 is 1.82 bits per heavy atom. The SMILES string of the molecule is CNC(=O)c1ccc(N2CCN(Cc3ccc4nc(C(F)(F)F)c(=O)[nH]c4c3)CC2)c(Cl)n1.O=c1[nH]c2cc(CO)ccc2nc1C(F)(F)F. The first-order valence-electron chi connectivity index (χ1n) is 14.7. The number of pyridine rings is 1. The molecule has 0 radical (unpaired) electrons. The molecule has 1 aliphatic heterocycles. The number of anilines is 1. The number of piperazine rings is 1. The molecule has 3 aromatic heterocycles. The Balaban J connectivity index is 0.000000240. The predicted octanol–water partition coefficient (Wildman–Crippen LogP) is 4.11. The number of fused-ring (bicyclic) bond motifs is 2. The van der Waals surface area contributed by atoms with Gasteiger partial charge in [0.2, 0.25) is 11.4 Å². The van der Waals surface area contributed by atoms with Crippen molar-refractivity contribution in [1.82, 2.24) is 35.1 Å². The number of alkyl halides is 6. The first-order valence-corrected chi connectivity index (χ1v) is 15.1. The van der Waals surface area contributed by atoms with Crippen molar-refractivity contribution < 1.29 is 36.2 Å². The molecule has 0 bridgehead atoms. The number of nitrogens with one attached hydrogen (secondary N) is 3. The second-order valence-electron chi connectivity index (χ2n) is 11.0. The van der Waals surface area contributed by atoms with Crippen LogP contribution in [-0.2, 0) is 25.5 Å². The molecule has 1 fully saturated rings. The number of H-pyrrole nitrogens is 2. The number of carbonyl (C=O) groups excluding carboxylic acids is 1. The average Bonchev–Trinajstić information content (AvgIpc) is 3.06. The van der Waals surface area contributed by atoms with Crippen LogP contribution in [0.5, 0.6) is 0 Å². The van der Waals surface area contributed by atoms with Crippen LogP contribution < -0.4 is 21.3 Å². The van der Waals surface area contributed by atoms with Gasteiger partial charge in [-0.25, -0.2) is 15.0 Å². The van der Waals surface area contributed by atoms with Gasteiger partial charge in [0.1, 0.15) is 5.69 Å². The summed E-state index contributed by atoms with van der Waals surface area (Å²) in [6.45, 7) is 3.09. The molecule has 50 heavy (non-hydrogen) atoms. The van der Waals surface area contributed by atoms with E-state index >= 15 is 0 Å².